The largest absolute Gasteiger partial charge is 0.484 e. The fourth-order valence-electron chi connectivity index (χ4n) is 2.35. The summed E-state index contributed by atoms with van der Waals surface area (Å²) in [7, 11) is 0. The van der Waals surface area contributed by atoms with Crippen molar-refractivity contribution in [3.63, 3.8) is 0 Å². The number of rotatable bonds is 7. The van der Waals surface area contributed by atoms with Crippen molar-refractivity contribution in [2.45, 2.75) is 27.2 Å². The van der Waals surface area contributed by atoms with E-state index in [0.717, 1.165) is 17.5 Å². The van der Waals surface area contributed by atoms with Crippen LogP contribution in [0.4, 0.5) is 0 Å². The van der Waals surface area contributed by atoms with Gasteiger partial charge in [0.15, 0.2) is 13.2 Å². The van der Waals surface area contributed by atoms with Crippen molar-refractivity contribution < 1.29 is 19.1 Å². The first-order valence-corrected chi connectivity index (χ1v) is 8.48. The first kappa shape index (κ1) is 19.3. The molecule has 2 N–H and O–H groups in total. The van der Waals surface area contributed by atoms with Crippen LogP contribution in [0.5, 0.6) is 11.5 Å². The molecule has 26 heavy (non-hydrogen) atoms. The fourth-order valence-corrected chi connectivity index (χ4v) is 2.35. The van der Waals surface area contributed by atoms with E-state index in [1.807, 2.05) is 56.3 Å². The summed E-state index contributed by atoms with van der Waals surface area (Å²) in [5.74, 6) is 0.369. The van der Waals surface area contributed by atoms with Crippen LogP contribution in [0.1, 0.15) is 23.6 Å². The molecule has 2 rings (SSSR count). The Kier molecular flexibility index (Phi) is 7.02. The number of aryl methyl sites for hydroxylation is 3. The van der Waals surface area contributed by atoms with Crippen molar-refractivity contribution in [2.75, 3.05) is 13.2 Å². The van der Waals surface area contributed by atoms with Crippen LogP contribution in [0, 0.1) is 13.8 Å². The molecular weight excluding hydrogens is 332 g/mol. The zero-order valence-electron chi connectivity index (χ0n) is 15.3. The predicted octanol–water partition coefficient (Wildman–Crippen LogP) is 2.47. The quantitative estimate of drug-likeness (QED) is 0.747. The van der Waals surface area contributed by atoms with E-state index in [9.17, 15) is 9.59 Å². The molecule has 138 valence electrons. The van der Waals surface area contributed by atoms with E-state index in [-0.39, 0.29) is 13.2 Å². The van der Waals surface area contributed by atoms with Gasteiger partial charge in [-0.2, -0.15) is 0 Å². The van der Waals surface area contributed by atoms with E-state index in [0.29, 0.717) is 11.5 Å². The van der Waals surface area contributed by atoms with E-state index in [1.165, 1.54) is 5.56 Å². The summed E-state index contributed by atoms with van der Waals surface area (Å²) in [4.78, 5) is 23.5. The van der Waals surface area contributed by atoms with E-state index in [4.69, 9.17) is 9.47 Å². The number of benzene rings is 2. The fraction of sp³-hybridized carbons (Fsp3) is 0.300. The van der Waals surface area contributed by atoms with Crippen molar-refractivity contribution in [2.24, 2.45) is 0 Å². The molecule has 0 spiro atoms. The van der Waals surface area contributed by atoms with Crippen LogP contribution < -0.4 is 20.3 Å². The molecule has 0 atom stereocenters. The molecule has 6 heteroatoms. The summed E-state index contributed by atoms with van der Waals surface area (Å²) < 4.78 is 10.9. The topological polar surface area (TPSA) is 76.7 Å². The zero-order chi connectivity index (χ0) is 18.9. The van der Waals surface area contributed by atoms with Crippen LogP contribution >= 0.6 is 0 Å². The highest BCUT2D eigenvalue weighted by molar-refractivity contribution is 5.83. The Hall–Kier alpha value is -3.02. The molecule has 0 fully saturated rings. The Morgan fingerprint density at radius 3 is 1.92 bits per heavy atom. The zero-order valence-corrected chi connectivity index (χ0v) is 15.3. The van der Waals surface area contributed by atoms with Gasteiger partial charge in [-0.15, -0.1) is 0 Å². The monoisotopic (exact) mass is 356 g/mol. The molecule has 0 aliphatic rings. The number of nitrogens with one attached hydrogen (secondary N) is 2. The number of carbonyl (C=O) groups is 2. The summed E-state index contributed by atoms with van der Waals surface area (Å²) >= 11 is 0. The van der Waals surface area contributed by atoms with E-state index in [2.05, 4.69) is 17.8 Å². The molecule has 0 unspecified atom stereocenters. The van der Waals surface area contributed by atoms with Crippen LogP contribution in [0.15, 0.2) is 42.5 Å². The molecule has 0 bridgehead atoms. The highest BCUT2D eigenvalue weighted by Crippen LogP contribution is 2.21. The third-order valence-corrected chi connectivity index (χ3v) is 3.80. The summed E-state index contributed by atoms with van der Waals surface area (Å²) in [6, 6.07) is 13.2. The smallest absolute Gasteiger partial charge is 0.276 e. The normalized spacial score (nSPS) is 10.1. The maximum Gasteiger partial charge on any atom is 0.276 e. The van der Waals surface area contributed by atoms with Gasteiger partial charge in [-0.3, -0.25) is 20.4 Å². The van der Waals surface area contributed by atoms with Crippen molar-refractivity contribution in [3.8, 4) is 11.5 Å². The molecule has 0 heterocycles. The maximum atomic E-state index is 11.8. The van der Waals surface area contributed by atoms with Gasteiger partial charge >= 0.3 is 0 Å². The Morgan fingerprint density at radius 1 is 0.846 bits per heavy atom. The molecule has 0 aromatic heterocycles. The number of carbonyl (C=O) groups excluding carboxylic acids is 2. The lowest BCUT2D eigenvalue weighted by Crippen LogP contribution is -2.45. The van der Waals surface area contributed by atoms with Crippen molar-refractivity contribution in [1.82, 2.24) is 10.9 Å². The average Bonchev–Trinajstić information content (AvgIpc) is 2.64. The Labute approximate surface area is 153 Å². The second-order valence-electron chi connectivity index (χ2n) is 5.89. The second-order valence-corrected chi connectivity index (χ2v) is 5.89. The van der Waals surface area contributed by atoms with E-state index >= 15 is 0 Å². The van der Waals surface area contributed by atoms with Crippen molar-refractivity contribution in [1.29, 1.82) is 0 Å². The highest BCUT2D eigenvalue weighted by Gasteiger charge is 2.09. The Morgan fingerprint density at radius 2 is 1.38 bits per heavy atom. The minimum Gasteiger partial charge on any atom is -0.484 e. The Balaban J connectivity index is 1.70. The van der Waals surface area contributed by atoms with E-state index in [1.54, 1.807) is 0 Å². The lowest BCUT2D eigenvalue weighted by atomic mass is 10.1. The third kappa shape index (κ3) is 5.81. The van der Waals surface area contributed by atoms with Crippen LogP contribution in [0.25, 0.3) is 0 Å². The van der Waals surface area contributed by atoms with Gasteiger partial charge in [-0.1, -0.05) is 37.3 Å². The number of hydrazine groups is 1. The standard InChI is InChI=1S/C20H24N2O4/c1-4-16-8-10-17(11-9-16)25-12-18(23)21-22-19(24)13-26-20-14(2)6-5-7-15(20)3/h5-11H,4,12-13H2,1-3H3,(H,21,23)(H,22,24). The van der Waals surface area contributed by atoms with Crippen molar-refractivity contribution >= 4 is 11.8 Å². The van der Waals surface area contributed by atoms with Crippen LogP contribution in [-0.2, 0) is 16.0 Å². The van der Waals surface area contributed by atoms with Gasteiger partial charge in [-0.05, 0) is 49.1 Å². The maximum absolute atomic E-state index is 11.8. The summed E-state index contributed by atoms with van der Waals surface area (Å²) in [6.45, 7) is 5.50. The molecule has 0 saturated carbocycles. The van der Waals surface area contributed by atoms with Gasteiger partial charge in [0, 0.05) is 0 Å². The number of para-hydroxylation sites is 1. The molecule has 2 aromatic rings. The van der Waals surface area contributed by atoms with Crippen molar-refractivity contribution in [3.05, 3.63) is 59.2 Å². The number of ether oxygens (including phenoxy) is 2. The Bertz CT molecular complexity index is 737. The van der Waals surface area contributed by atoms with Gasteiger partial charge in [0.05, 0.1) is 0 Å². The van der Waals surface area contributed by atoms with E-state index < -0.39 is 11.8 Å². The number of hydrogen-bond acceptors (Lipinski definition) is 4. The minimum atomic E-state index is -0.454. The summed E-state index contributed by atoms with van der Waals surface area (Å²) in [5.41, 5.74) is 7.69. The molecule has 0 radical (unpaired) electrons. The molecular formula is C20H24N2O4. The molecule has 2 aromatic carbocycles. The summed E-state index contributed by atoms with van der Waals surface area (Å²) in [6.07, 6.45) is 0.941. The van der Waals surface area contributed by atoms with Crippen LogP contribution in [-0.4, -0.2) is 25.0 Å². The van der Waals surface area contributed by atoms with Crippen LogP contribution in [0.3, 0.4) is 0 Å². The van der Waals surface area contributed by atoms with Gasteiger partial charge < -0.3 is 9.47 Å². The molecule has 6 nitrogen and oxygen atoms in total. The number of hydrogen-bond donors (Lipinski definition) is 2. The molecule has 2 amide bonds. The molecule has 0 saturated heterocycles. The molecule has 0 aliphatic heterocycles. The third-order valence-electron chi connectivity index (χ3n) is 3.80. The predicted molar refractivity (Wildman–Crippen MR) is 99.0 cm³/mol. The van der Waals surface area contributed by atoms with Gasteiger partial charge in [-0.25, -0.2) is 0 Å². The molecule has 0 aliphatic carbocycles. The second kappa shape index (κ2) is 9.46. The van der Waals surface area contributed by atoms with Gasteiger partial charge in [0.1, 0.15) is 11.5 Å². The van der Waals surface area contributed by atoms with Gasteiger partial charge in [0.2, 0.25) is 0 Å². The lowest BCUT2D eigenvalue weighted by Gasteiger charge is -2.12. The first-order valence-electron chi connectivity index (χ1n) is 8.48. The first-order chi connectivity index (χ1) is 12.5. The van der Waals surface area contributed by atoms with Crippen LogP contribution in [0.2, 0.25) is 0 Å². The van der Waals surface area contributed by atoms with Gasteiger partial charge in [0.25, 0.3) is 11.8 Å². The highest BCUT2D eigenvalue weighted by atomic mass is 16.5. The summed E-state index contributed by atoms with van der Waals surface area (Å²) in [5, 5.41) is 0. The SMILES string of the molecule is CCc1ccc(OCC(=O)NNC(=O)COc2c(C)cccc2C)cc1. The lowest BCUT2D eigenvalue weighted by molar-refractivity contribution is -0.131. The average molecular weight is 356 g/mol. The number of amides is 2. The minimum absolute atomic E-state index is 0.189.